The van der Waals surface area contributed by atoms with Gasteiger partial charge in [0, 0.05) is 0 Å². The topological polar surface area (TPSA) is 50.1 Å². The molecule has 0 aliphatic carbocycles. The zero-order valence-corrected chi connectivity index (χ0v) is 10.3. The minimum Gasteiger partial charge on any atom is -0.462 e. The fraction of sp³-hybridized carbons (Fsp3) is 0.286. The number of rotatable bonds is 3. The molecule has 0 saturated carbocycles. The van der Waals surface area contributed by atoms with Crippen LogP contribution in [0.2, 0.25) is 0 Å². The molecule has 1 aromatic carbocycles. The molecule has 1 aromatic rings. The van der Waals surface area contributed by atoms with Crippen molar-refractivity contribution in [2.45, 2.75) is 20.8 Å². The van der Waals surface area contributed by atoms with Crippen molar-refractivity contribution in [3.8, 4) is 6.07 Å². The molecule has 0 atom stereocenters. The molecule has 0 aliphatic rings. The van der Waals surface area contributed by atoms with E-state index in [1.807, 2.05) is 38.1 Å². The van der Waals surface area contributed by atoms with Crippen LogP contribution in [0.1, 0.15) is 23.6 Å². The second kappa shape index (κ2) is 5.86. The lowest BCUT2D eigenvalue weighted by atomic mass is 10.0. The van der Waals surface area contributed by atoms with Crippen LogP contribution in [0.5, 0.6) is 0 Å². The van der Waals surface area contributed by atoms with Crippen LogP contribution < -0.4 is 0 Å². The molecule has 1 rings (SSSR count). The molecule has 0 bridgehead atoms. The quantitative estimate of drug-likeness (QED) is 0.455. The molecule has 88 valence electrons. The number of ether oxygens (including phenoxy) is 1. The first kappa shape index (κ1) is 13.0. The summed E-state index contributed by atoms with van der Waals surface area (Å²) in [6.45, 7) is 5.98. The maximum absolute atomic E-state index is 11.4. The predicted molar refractivity (Wildman–Crippen MR) is 66.1 cm³/mol. The van der Waals surface area contributed by atoms with Crippen LogP contribution in [0.25, 0.3) is 6.08 Å². The summed E-state index contributed by atoms with van der Waals surface area (Å²) in [5.74, 6) is -0.576. The first-order valence-corrected chi connectivity index (χ1v) is 5.44. The van der Waals surface area contributed by atoms with E-state index in [-0.39, 0.29) is 12.2 Å². The molecule has 0 radical (unpaired) electrons. The molecule has 0 fully saturated rings. The van der Waals surface area contributed by atoms with E-state index in [2.05, 4.69) is 0 Å². The van der Waals surface area contributed by atoms with E-state index in [0.717, 1.165) is 11.1 Å². The SMILES string of the molecule is CCOC(=O)/C(C#N)=C/c1ccc(C)c(C)c1. The van der Waals surface area contributed by atoms with Crippen molar-refractivity contribution >= 4 is 12.0 Å². The van der Waals surface area contributed by atoms with Crippen molar-refractivity contribution in [3.05, 3.63) is 40.5 Å². The van der Waals surface area contributed by atoms with Gasteiger partial charge in [0.15, 0.2) is 0 Å². The number of aryl methyl sites for hydroxylation is 2. The van der Waals surface area contributed by atoms with E-state index < -0.39 is 5.97 Å². The van der Waals surface area contributed by atoms with Gasteiger partial charge in [-0.05, 0) is 43.5 Å². The lowest BCUT2D eigenvalue weighted by Crippen LogP contribution is -2.06. The second-order valence-electron chi connectivity index (χ2n) is 3.73. The third-order valence-electron chi connectivity index (χ3n) is 2.46. The standard InChI is InChI=1S/C14H15NO2/c1-4-17-14(16)13(9-15)8-12-6-5-10(2)11(3)7-12/h5-8H,4H2,1-3H3/b13-8+. The summed E-state index contributed by atoms with van der Waals surface area (Å²) in [6.07, 6.45) is 1.55. The summed E-state index contributed by atoms with van der Waals surface area (Å²) in [6, 6.07) is 7.63. The smallest absolute Gasteiger partial charge is 0.348 e. The first-order valence-electron chi connectivity index (χ1n) is 5.44. The Hall–Kier alpha value is -2.08. The highest BCUT2D eigenvalue weighted by Gasteiger charge is 2.09. The monoisotopic (exact) mass is 229 g/mol. The molecule has 0 saturated heterocycles. The predicted octanol–water partition coefficient (Wildman–Crippen LogP) is 2.77. The van der Waals surface area contributed by atoms with E-state index in [1.54, 1.807) is 13.0 Å². The van der Waals surface area contributed by atoms with Gasteiger partial charge in [0.05, 0.1) is 6.61 Å². The molecule has 3 nitrogen and oxygen atoms in total. The molecule has 0 heterocycles. The number of nitrogens with zero attached hydrogens (tertiary/aromatic N) is 1. The van der Waals surface area contributed by atoms with Crippen LogP contribution in [-0.2, 0) is 9.53 Å². The number of carbonyl (C=O) groups excluding carboxylic acids is 1. The number of benzene rings is 1. The minimum absolute atomic E-state index is 0.0232. The molecule has 0 N–H and O–H groups in total. The maximum Gasteiger partial charge on any atom is 0.348 e. The van der Waals surface area contributed by atoms with Crippen LogP contribution in [-0.4, -0.2) is 12.6 Å². The van der Waals surface area contributed by atoms with Gasteiger partial charge in [-0.1, -0.05) is 18.2 Å². The summed E-state index contributed by atoms with van der Waals surface area (Å²) in [5.41, 5.74) is 3.16. The maximum atomic E-state index is 11.4. The van der Waals surface area contributed by atoms with Crippen molar-refractivity contribution in [1.29, 1.82) is 5.26 Å². The lowest BCUT2D eigenvalue weighted by Gasteiger charge is -2.02. The zero-order chi connectivity index (χ0) is 12.8. The fourth-order valence-electron chi connectivity index (χ4n) is 1.37. The third kappa shape index (κ3) is 3.46. The number of nitriles is 1. The average molecular weight is 229 g/mol. The average Bonchev–Trinajstić information content (AvgIpc) is 2.30. The second-order valence-corrected chi connectivity index (χ2v) is 3.73. The van der Waals surface area contributed by atoms with Crippen molar-refractivity contribution in [3.63, 3.8) is 0 Å². The zero-order valence-electron chi connectivity index (χ0n) is 10.3. The van der Waals surface area contributed by atoms with Crippen molar-refractivity contribution < 1.29 is 9.53 Å². The van der Waals surface area contributed by atoms with Gasteiger partial charge in [0.1, 0.15) is 11.6 Å². The van der Waals surface area contributed by atoms with Gasteiger partial charge >= 0.3 is 5.97 Å². The summed E-state index contributed by atoms with van der Waals surface area (Å²) < 4.78 is 4.79. The number of esters is 1. The van der Waals surface area contributed by atoms with Gasteiger partial charge in [-0.3, -0.25) is 0 Å². The Morgan fingerprint density at radius 1 is 1.41 bits per heavy atom. The molecule has 3 heteroatoms. The summed E-state index contributed by atoms with van der Waals surface area (Å²) in [7, 11) is 0. The third-order valence-corrected chi connectivity index (χ3v) is 2.46. The Labute approximate surface area is 101 Å². The van der Waals surface area contributed by atoms with Crippen molar-refractivity contribution in [2.75, 3.05) is 6.61 Å². The summed E-state index contributed by atoms with van der Waals surface area (Å²) >= 11 is 0. The van der Waals surface area contributed by atoms with Crippen molar-refractivity contribution in [2.24, 2.45) is 0 Å². The molecule has 0 aliphatic heterocycles. The van der Waals surface area contributed by atoms with Gasteiger partial charge in [0.25, 0.3) is 0 Å². The lowest BCUT2D eigenvalue weighted by molar-refractivity contribution is -0.137. The highest BCUT2D eigenvalue weighted by atomic mass is 16.5. The van der Waals surface area contributed by atoms with Gasteiger partial charge in [-0.15, -0.1) is 0 Å². The Kier molecular flexibility index (Phi) is 4.47. The van der Waals surface area contributed by atoms with E-state index >= 15 is 0 Å². The molecule has 17 heavy (non-hydrogen) atoms. The minimum atomic E-state index is -0.576. The van der Waals surface area contributed by atoms with Crippen LogP contribution in [0.4, 0.5) is 0 Å². The number of hydrogen-bond donors (Lipinski definition) is 0. The number of carbonyl (C=O) groups is 1. The normalized spacial score (nSPS) is 10.8. The van der Waals surface area contributed by atoms with E-state index in [4.69, 9.17) is 10.00 Å². The molecule has 0 amide bonds. The molecule has 0 unspecified atom stereocenters. The van der Waals surface area contributed by atoms with Gasteiger partial charge in [-0.2, -0.15) is 5.26 Å². The van der Waals surface area contributed by atoms with Crippen molar-refractivity contribution in [1.82, 2.24) is 0 Å². The molecule has 0 spiro atoms. The van der Waals surface area contributed by atoms with Crippen LogP contribution >= 0.6 is 0 Å². The highest BCUT2D eigenvalue weighted by molar-refractivity contribution is 5.97. The Morgan fingerprint density at radius 3 is 2.65 bits per heavy atom. The summed E-state index contributed by atoms with van der Waals surface area (Å²) in [5, 5.41) is 8.89. The van der Waals surface area contributed by atoms with E-state index in [1.165, 1.54) is 5.56 Å². The molecular formula is C14H15NO2. The molecular weight excluding hydrogens is 214 g/mol. The van der Waals surface area contributed by atoms with Crippen LogP contribution in [0, 0.1) is 25.2 Å². The Balaban J connectivity index is 3.03. The first-order chi connectivity index (χ1) is 8.08. The molecule has 0 aromatic heterocycles. The largest absolute Gasteiger partial charge is 0.462 e. The van der Waals surface area contributed by atoms with Gasteiger partial charge in [0.2, 0.25) is 0 Å². The van der Waals surface area contributed by atoms with Crippen LogP contribution in [0.3, 0.4) is 0 Å². The van der Waals surface area contributed by atoms with E-state index in [9.17, 15) is 4.79 Å². The Morgan fingerprint density at radius 2 is 2.12 bits per heavy atom. The highest BCUT2D eigenvalue weighted by Crippen LogP contribution is 2.13. The Bertz CT molecular complexity index is 495. The van der Waals surface area contributed by atoms with Gasteiger partial charge < -0.3 is 4.74 Å². The fourth-order valence-corrected chi connectivity index (χ4v) is 1.37. The van der Waals surface area contributed by atoms with Crippen LogP contribution in [0.15, 0.2) is 23.8 Å². The number of hydrogen-bond acceptors (Lipinski definition) is 3. The van der Waals surface area contributed by atoms with Gasteiger partial charge in [-0.25, -0.2) is 4.79 Å². The summed E-state index contributed by atoms with van der Waals surface area (Å²) in [4.78, 5) is 11.4. The van der Waals surface area contributed by atoms with E-state index in [0.29, 0.717) is 0 Å².